The maximum atomic E-state index is 6.66. The van der Waals surface area contributed by atoms with Crippen LogP contribution in [0.15, 0.2) is 152 Å². The van der Waals surface area contributed by atoms with Gasteiger partial charge in [-0.15, -0.1) is 0 Å². The lowest BCUT2D eigenvalue weighted by atomic mass is 9.75. The number of ether oxygens (including phenoxy) is 1. The van der Waals surface area contributed by atoms with E-state index in [2.05, 4.69) is 198 Å². The Morgan fingerprint density at radius 2 is 0.927 bits per heavy atom. The summed E-state index contributed by atoms with van der Waals surface area (Å²) in [6.45, 7) is 14.2. The Morgan fingerprint density at radius 3 is 1.55 bits per heavy atom. The van der Waals surface area contributed by atoms with Gasteiger partial charge in [0.2, 0.25) is 0 Å². The molecule has 2 unspecified atom stereocenters. The van der Waals surface area contributed by atoms with Gasteiger partial charge in [0.25, 0.3) is 0 Å². The molecule has 0 fully saturated rings. The Labute approximate surface area is 325 Å². The molecule has 0 radical (unpaired) electrons. The highest BCUT2D eigenvalue weighted by Gasteiger charge is 2.52. The molecule has 0 saturated heterocycles. The Balaban J connectivity index is 1.02. The van der Waals surface area contributed by atoms with Gasteiger partial charge in [-0.2, -0.15) is 0 Å². The number of rotatable bonds is 4. The van der Waals surface area contributed by atoms with Gasteiger partial charge in [0, 0.05) is 44.8 Å². The lowest BCUT2D eigenvalue weighted by Crippen LogP contribution is -2.22. The van der Waals surface area contributed by atoms with Gasteiger partial charge >= 0.3 is 0 Å². The maximum Gasteiger partial charge on any atom is 0.132 e. The second-order valence-corrected chi connectivity index (χ2v) is 17.8. The molecule has 2 heteroatoms. The van der Waals surface area contributed by atoms with Crippen molar-refractivity contribution in [2.24, 2.45) is 0 Å². The first-order valence-electron chi connectivity index (χ1n) is 19.8. The summed E-state index contributed by atoms with van der Waals surface area (Å²) in [6.07, 6.45) is 0.0440. The van der Waals surface area contributed by atoms with E-state index in [0.717, 1.165) is 11.4 Å². The fourth-order valence-electron chi connectivity index (χ4n) is 10.9. The molecule has 0 aromatic heterocycles. The van der Waals surface area contributed by atoms with E-state index in [1.807, 2.05) is 0 Å². The molecule has 0 saturated carbocycles. The molecule has 3 aliphatic carbocycles. The van der Waals surface area contributed by atoms with Gasteiger partial charge in [-0.1, -0.05) is 145 Å². The first-order valence-corrected chi connectivity index (χ1v) is 19.8. The van der Waals surface area contributed by atoms with Crippen LogP contribution in [0.3, 0.4) is 0 Å². The molecule has 0 bridgehead atoms. The number of nitrogens with zero attached hydrogens (tertiary/aromatic N) is 1. The van der Waals surface area contributed by atoms with Crippen LogP contribution in [0.1, 0.15) is 92.5 Å². The number of hydrogen-bond donors (Lipinski definition) is 0. The maximum absolute atomic E-state index is 6.66. The first-order chi connectivity index (χ1) is 26.5. The second-order valence-electron chi connectivity index (χ2n) is 17.8. The fourth-order valence-corrected chi connectivity index (χ4v) is 10.9. The van der Waals surface area contributed by atoms with E-state index >= 15 is 0 Å². The minimum Gasteiger partial charge on any atom is -0.485 e. The molecule has 0 N–H and O–H groups in total. The molecule has 7 aromatic carbocycles. The zero-order valence-corrected chi connectivity index (χ0v) is 32.4. The van der Waals surface area contributed by atoms with Crippen LogP contribution in [0.2, 0.25) is 0 Å². The SMILES string of the molecule is CC1(C)c2ccccc2-c2ccc(N(c3ccc(-c4ccc5c(c4)C4Oc6ccccc6C4C5(C)C)cc3)c3ccc4c(c3)C(C)(C)c3ccccc3-4)cc21. The Hall–Kier alpha value is -5.86. The van der Waals surface area contributed by atoms with Crippen molar-refractivity contribution in [1.82, 2.24) is 0 Å². The van der Waals surface area contributed by atoms with Crippen LogP contribution in [-0.2, 0) is 16.2 Å². The highest BCUT2D eigenvalue weighted by molar-refractivity contribution is 5.88. The predicted octanol–water partition coefficient (Wildman–Crippen LogP) is 13.9. The first kappa shape index (κ1) is 32.6. The van der Waals surface area contributed by atoms with Crippen molar-refractivity contribution in [3.05, 3.63) is 191 Å². The van der Waals surface area contributed by atoms with Gasteiger partial charge in [0.1, 0.15) is 11.9 Å². The van der Waals surface area contributed by atoms with Gasteiger partial charge in [-0.05, 0) is 115 Å². The van der Waals surface area contributed by atoms with Crippen molar-refractivity contribution in [2.75, 3.05) is 4.90 Å². The Bertz CT molecular complexity index is 2620. The van der Waals surface area contributed by atoms with Crippen molar-refractivity contribution in [1.29, 1.82) is 0 Å². The van der Waals surface area contributed by atoms with Crippen molar-refractivity contribution in [2.45, 2.75) is 69.8 Å². The summed E-state index contributed by atoms with van der Waals surface area (Å²) in [4.78, 5) is 2.46. The number of anilines is 3. The summed E-state index contributed by atoms with van der Waals surface area (Å²) in [5.41, 5.74) is 20.7. The van der Waals surface area contributed by atoms with Gasteiger partial charge in [-0.3, -0.25) is 0 Å². The molecule has 7 aromatic rings. The standard InChI is InChI=1S/C53H45NO/c1-51(2)43-16-10-7-13-37(43)39-26-24-35(30-46(39)51)54(36-25-27-40-38-14-8-11-17-44(38)52(3,4)47(40)31-36)34-22-19-32(20-23-34)33-21-28-45-42(29-33)50-49(53(45,5)6)41-15-9-12-18-48(41)55-50/h7-31,49-50H,1-6H3. The third kappa shape index (κ3) is 4.43. The van der Waals surface area contributed by atoms with Crippen molar-refractivity contribution in [3.63, 3.8) is 0 Å². The van der Waals surface area contributed by atoms with Crippen LogP contribution in [-0.4, -0.2) is 0 Å². The molecule has 1 heterocycles. The lowest BCUT2D eigenvalue weighted by molar-refractivity contribution is 0.198. The zero-order chi connectivity index (χ0) is 37.4. The average molecular weight is 712 g/mol. The van der Waals surface area contributed by atoms with Crippen LogP contribution in [0.5, 0.6) is 5.75 Å². The molecule has 0 spiro atoms. The summed E-state index contributed by atoms with van der Waals surface area (Å²) in [7, 11) is 0. The molecule has 2 nitrogen and oxygen atoms in total. The van der Waals surface area contributed by atoms with E-state index in [1.165, 1.54) is 83.7 Å². The molecular weight excluding hydrogens is 667 g/mol. The van der Waals surface area contributed by atoms with E-state index < -0.39 is 0 Å². The quantitative estimate of drug-likeness (QED) is 0.180. The molecule has 4 aliphatic rings. The summed E-state index contributed by atoms with van der Waals surface area (Å²) in [5, 5.41) is 0. The third-order valence-corrected chi connectivity index (χ3v) is 13.7. The monoisotopic (exact) mass is 711 g/mol. The molecule has 1 aliphatic heterocycles. The van der Waals surface area contributed by atoms with E-state index in [4.69, 9.17) is 4.74 Å². The summed E-state index contributed by atoms with van der Waals surface area (Å²) in [5.74, 6) is 1.35. The molecule has 268 valence electrons. The molecule has 0 amide bonds. The highest BCUT2D eigenvalue weighted by atomic mass is 16.5. The number of hydrogen-bond acceptors (Lipinski definition) is 2. The molecule has 11 rings (SSSR count). The Kier molecular flexibility index (Phi) is 6.58. The van der Waals surface area contributed by atoms with E-state index in [0.29, 0.717) is 5.92 Å². The van der Waals surface area contributed by atoms with E-state index in [9.17, 15) is 0 Å². The Morgan fingerprint density at radius 1 is 0.418 bits per heavy atom. The summed E-state index contributed by atoms with van der Waals surface area (Å²) in [6, 6.07) is 56.9. The topological polar surface area (TPSA) is 12.5 Å². The summed E-state index contributed by atoms with van der Waals surface area (Å²) < 4.78 is 6.66. The van der Waals surface area contributed by atoms with Crippen molar-refractivity contribution < 1.29 is 4.74 Å². The van der Waals surface area contributed by atoms with Crippen LogP contribution >= 0.6 is 0 Å². The summed E-state index contributed by atoms with van der Waals surface area (Å²) >= 11 is 0. The van der Waals surface area contributed by atoms with Gasteiger partial charge in [0.15, 0.2) is 0 Å². The highest BCUT2D eigenvalue weighted by Crippen LogP contribution is 2.62. The zero-order valence-electron chi connectivity index (χ0n) is 32.4. The second kappa shape index (κ2) is 11.1. The smallest absolute Gasteiger partial charge is 0.132 e. The van der Waals surface area contributed by atoms with Gasteiger partial charge < -0.3 is 9.64 Å². The average Bonchev–Trinajstić information content (AvgIpc) is 3.85. The lowest BCUT2D eigenvalue weighted by Gasteiger charge is -2.30. The minimum absolute atomic E-state index is 0.00686. The van der Waals surface area contributed by atoms with E-state index in [1.54, 1.807) is 0 Å². The largest absolute Gasteiger partial charge is 0.485 e. The molecule has 2 atom stereocenters. The van der Waals surface area contributed by atoms with Crippen LogP contribution in [0.4, 0.5) is 17.1 Å². The predicted molar refractivity (Wildman–Crippen MR) is 227 cm³/mol. The van der Waals surface area contributed by atoms with Crippen molar-refractivity contribution >= 4 is 17.1 Å². The fraction of sp³-hybridized carbons (Fsp3) is 0.208. The van der Waals surface area contributed by atoms with Crippen LogP contribution in [0, 0.1) is 0 Å². The van der Waals surface area contributed by atoms with Crippen LogP contribution < -0.4 is 9.64 Å². The minimum atomic E-state index is -0.0927. The number of fused-ring (bicyclic) bond motifs is 11. The molecule has 55 heavy (non-hydrogen) atoms. The van der Waals surface area contributed by atoms with E-state index in [-0.39, 0.29) is 22.3 Å². The normalized spacial score (nSPS) is 19.3. The van der Waals surface area contributed by atoms with Gasteiger partial charge in [-0.25, -0.2) is 0 Å². The van der Waals surface area contributed by atoms with Crippen LogP contribution in [0.25, 0.3) is 33.4 Å². The number of benzene rings is 7. The molecular formula is C53H45NO. The number of para-hydroxylation sites is 1. The van der Waals surface area contributed by atoms with Gasteiger partial charge in [0.05, 0.1) is 0 Å². The van der Waals surface area contributed by atoms with Crippen molar-refractivity contribution in [3.8, 4) is 39.1 Å². The third-order valence-electron chi connectivity index (χ3n) is 13.7.